The van der Waals surface area contributed by atoms with Crippen LogP contribution >= 0.6 is 0 Å². The van der Waals surface area contributed by atoms with E-state index in [9.17, 15) is 9.59 Å². The number of urea groups is 1. The molecule has 0 saturated carbocycles. The number of carbonyl (C=O) groups excluding carboxylic acids is 2. The van der Waals surface area contributed by atoms with E-state index >= 15 is 0 Å². The molecule has 148 valence electrons. The summed E-state index contributed by atoms with van der Waals surface area (Å²) in [5, 5.41) is 2.82. The van der Waals surface area contributed by atoms with Gasteiger partial charge in [-0.3, -0.25) is 9.69 Å². The highest BCUT2D eigenvalue weighted by molar-refractivity contribution is 5.89. The van der Waals surface area contributed by atoms with Gasteiger partial charge in [-0.15, -0.1) is 0 Å². The lowest BCUT2D eigenvalue weighted by molar-refractivity contribution is -0.135. The largest absolute Gasteiger partial charge is 0.341 e. The van der Waals surface area contributed by atoms with Crippen molar-refractivity contribution in [3.8, 4) is 0 Å². The maximum atomic E-state index is 12.6. The summed E-state index contributed by atoms with van der Waals surface area (Å²) in [5.74, 6) is 2.03. The summed E-state index contributed by atoms with van der Waals surface area (Å²) in [6.07, 6.45) is 4.41. The van der Waals surface area contributed by atoms with Crippen LogP contribution in [0.15, 0.2) is 12.4 Å². The standard InChI is InChI=1S/C19H30N6O2/c1-14-8-15(2)12-25(11-14)18(26)13-23-4-6-24(7-5-23)19(27)22-17-9-20-16(3)21-10-17/h9-10,14-15H,4-8,11-13H2,1-3H3,(H,22,27). The second-order valence-corrected chi connectivity index (χ2v) is 7.96. The molecule has 3 heterocycles. The van der Waals surface area contributed by atoms with E-state index in [1.807, 2.05) is 4.90 Å². The first kappa shape index (κ1) is 19.5. The van der Waals surface area contributed by atoms with Gasteiger partial charge in [0.25, 0.3) is 0 Å². The second kappa shape index (κ2) is 8.65. The third-order valence-electron chi connectivity index (χ3n) is 5.27. The fourth-order valence-corrected chi connectivity index (χ4v) is 3.93. The first-order valence-electron chi connectivity index (χ1n) is 9.75. The van der Waals surface area contributed by atoms with Gasteiger partial charge in [-0.25, -0.2) is 14.8 Å². The Labute approximate surface area is 160 Å². The van der Waals surface area contributed by atoms with E-state index in [1.165, 1.54) is 6.42 Å². The van der Waals surface area contributed by atoms with E-state index in [0.29, 0.717) is 56.1 Å². The lowest BCUT2D eigenvalue weighted by atomic mass is 9.92. The highest BCUT2D eigenvalue weighted by atomic mass is 16.2. The van der Waals surface area contributed by atoms with Gasteiger partial charge in [0.2, 0.25) is 5.91 Å². The number of likely N-dealkylation sites (tertiary alicyclic amines) is 1. The van der Waals surface area contributed by atoms with Crippen molar-refractivity contribution < 1.29 is 9.59 Å². The molecule has 0 aromatic carbocycles. The number of piperidine rings is 1. The summed E-state index contributed by atoms with van der Waals surface area (Å²) in [6, 6.07) is -0.146. The molecule has 2 aliphatic rings. The van der Waals surface area contributed by atoms with Crippen LogP contribution in [0.3, 0.4) is 0 Å². The van der Waals surface area contributed by atoms with Crippen LogP contribution in [0.1, 0.15) is 26.1 Å². The average molecular weight is 374 g/mol. The molecule has 27 heavy (non-hydrogen) atoms. The second-order valence-electron chi connectivity index (χ2n) is 7.96. The number of aryl methyl sites for hydroxylation is 1. The predicted molar refractivity (Wildman–Crippen MR) is 103 cm³/mol. The Kier molecular flexibility index (Phi) is 6.26. The molecule has 0 spiro atoms. The number of aromatic nitrogens is 2. The van der Waals surface area contributed by atoms with Gasteiger partial charge in [-0.2, -0.15) is 0 Å². The Hall–Kier alpha value is -2.22. The molecule has 2 aliphatic heterocycles. The minimum absolute atomic E-state index is 0.146. The lowest BCUT2D eigenvalue weighted by Crippen LogP contribution is -2.53. The molecule has 0 radical (unpaired) electrons. The van der Waals surface area contributed by atoms with Crippen molar-refractivity contribution >= 4 is 17.6 Å². The topological polar surface area (TPSA) is 81.7 Å². The van der Waals surface area contributed by atoms with Crippen LogP contribution < -0.4 is 5.32 Å². The summed E-state index contributed by atoms with van der Waals surface area (Å²) in [6.45, 7) is 11.0. The molecule has 2 saturated heterocycles. The van der Waals surface area contributed by atoms with Crippen LogP contribution in [0.4, 0.5) is 10.5 Å². The van der Waals surface area contributed by atoms with Crippen LogP contribution in [0.5, 0.6) is 0 Å². The van der Waals surface area contributed by atoms with Crippen LogP contribution in [0, 0.1) is 18.8 Å². The number of hydrogen-bond acceptors (Lipinski definition) is 5. The molecule has 1 N–H and O–H groups in total. The van der Waals surface area contributed by atoms with Gasteiger partial charge >= 0.3 is 6.03 Å². The van der Waals surface area contributed by atoms with Crippen LogP contribution in [0.2, 0.25) is 0 Å². The number of nitrogens with one attached hydrogen (secondary N) is 1. The molecule has 2 fully saturated rings. The Morgan fingerprint density at radius 3 is 2.22 bits per heavy atom. The van der Waals surface area contributed by atoms with Crippen molar-refractivity contribution in [1.82, 2.24) is 24.7 Å². The Balaban J connectivity index is 1.43. The molecule has 3 amide bonds. The summed E-state index contributed by atoms with van der Waals surface area (Å²) in [7, 11) is 0. The molecule has 8 nitrogen and oxygen atoms in total. The fourth-order valence-electron chi connectivity index (χ4n) is 3.93. The van der Waals surface area contributed by atoms with Crippen LogP contribution in [0.25, 0.3) is 0 Å². The molecule has 3 rings (SSSR count). The third-order valence-corrected chi connectivity index (χ3v) is 5.27. The van der Waals surface area contributed by atoms with E-state index in [4.69, 9.17) is 0 Å². The zero-order chi connectivity index (χ0) is 19.4. The van der Waals surface area contributed by atoms with Crippen LogP contribution in [-0.2, 0) is 4.79 Å². The quantitative estimate of drug-likeness (QED) is 0.866. The molecule has 8 heteroatoms. The molecule has 0 bridgehead atoms. The zero-order valence-electron chi connectivity index (χ0n) is 16.5. The number of nitrogens with zero attached hydrogens (tertiary/aromatic N) is 5. The van der Waals surface area contributed by atoms with Crippen molar-refractivity contribution in [2.75, 3.05) is 51.1 Å². The summed E-state index contributed by atoms with van der Waals surface area (Å²) >= 11 is 0. The SMILES string of the molecule is Cc1ncc(NC(=O)N2CCN(CC(=O)N3CC(C)CC(C)C3)CC2)cn1. The van der Waals surface area contributed by atoms with Gasteiger partial charge in [0, 0.05) is 39.3 Å². The van der Waals surface area contributed by atoms with Crippen molar-refractivity contribution in [3.05, 3.63) is 18.2 Å². The van der Waals surface area contributed by atoms with Crippen molar-refractivity contribution in [3.63, 3.8) is 0 Å². The minimum atomic E-state index is -0.146. The molecule has 2 atom stereocenters. The summed E-state index contributed by atoms with van der Waals surface area (Å²) in [4.78, 5) is 39.1. The number of anilines is 1. The molecule has 1 aromatic rings. The van der Waals surface area contributed by atoms with Crippen molar-refractivity contribution in [2.45, 2.75) is 27.2 Å². The third kappa shape index (κ3) is 5.38. The Morgan fingerprint density at radius 2 is 1.63 bits per heavy atom. The zero-order valence-corrected chi connectivity index (χ0v) is 16.5. The normalized spacial score (nSPS) is 24.0. The number of rotatable bonds is 3. The van der Waals surface area contributed by atoms with E-state index in [1.54, 1.807) is 24.2 Å². The first-order valence-corrected chi connectivity index (χ1v) is 9.75. The first-order chi connectivity index (χ1) is 12.9. The molecular weight excluding hydrogens is 344 g/mol. The highest BCUT2D eigenvalue weighted by Gasteiger charge is 2.28. The maximum Gasteiger partial charge on any atom is 0.322 e. The minimum Gasteiger partial charge on any atom is -0.341 e. The predicted octanol–water partition coefficient (Wildman–Crippen LogP) is 1.44. The number of hydrogen-bond donors (Lipinski definition) is 1. The van der Waals surface area contributed by atoms with Gasteiger partial charge in [-0.05, 0) is 25.2 Å². The molecular formula is C19H30N6O2. The number of carbonyl (C=O) groups is 2. The van der Waals surface area contributed by atoms with Gasteiger partial charge in [0.05, 0.1) is 24.6 Å². The van der Waals surface area contributed by atoms with Gasteiger partial charge in [0.1, 0.15) is 5.82 Å². The van der Waals surface area contributed by atoms with E-state index in [0.717, 1.165) is 13.1 Å². The Bertz CT molecular complexity index is 647. The summed E-state index contributed by atoms with van der Waals surface area (Å²) in [5.41, 5.74) is 0.594. The van der Waals surface area contributed by atoms with Gasteiger partial charge < -0.3 is 15.1 Å². The van der Waals surface area contributed by atoms with Crippen molar-refractivity contribution in [2.24, 2.45) is 11.8 Å². The summed E-state index contributed by atoms with van der Waals surface area (Å²) < 4.78 is 0. The highest BCUT2D eigenvalue weighted by Crippen LogP contribution is 2.21. The average Bonchev–Trinajstić information content (AvgIpc) is 2.63. The molecule has 2 unspecified atom stereocenters. The van der Waals surface area contributed by atoms with E-state index < -0.39 is 0 Å². The van der Waals surface area contributed by atoms with Crippen molar-refractivity contribution in [1.29, 1.82) is 0 Å². The maximum absolute atomic E-state index is 12.6. The van der Waals surface area contributed by atoms with E-state index in [-0.39, 0.29) is 11.9 Å². The lowest BCUT2D eigenvalue weighted by Gasteiger charge is -2.38. The van der Waals surface area contributed by atoms with Gasteiger partial charge in [0.15, 0.2) is 0 Å². The fraction of sp³-hybridized carbons (Fsp3) is 0.684. The van der Waals surface area contributed by atoms with Crippen LogP contribution in [-0.4, -0.2) is 82.4 Å². The monoisotopic (exact) mass is 374 g/mol. The Morgan fingerprint density at radius 1 is 1.04 bits per heavy atom. The number of amides is 3. The number of piperazine rings is 1. The van der Waals surface area contributed by atoms with E-state index in [2.05, 4.69) is 34.0 Å². The smallest absolute Gasteiger partial charge is 0.322 e. The molecule has 0 aliphatic carbocycles. The van der Waals surface area contributed by atoms with Gasteiger partial charge in [-0.1, -0.05) is 13.8 Å². The molecule has 1 aromatic heterocycles.